The van der Waals surface area contributed by atoms with Crippen molar-refractivity contribution in [3.05, 3.63) is 90.0 Å². The van der Waals surface area contributed by atoms with E-state index in [4.69, 9.17) is 25.8 Å². The van der Waals surface area contributed by atoms with Crippen LogP contribution in [0.3, 0.4) is 0 Å². The van der Waals surface area contributed by atoms with Gasteiger partial charge in [-0.1, -0.05) is 41.9 Å². The molecule has 0 fully saturated rings. The van der Waals surface area contributed by atoms with Crippen molar-refractivity contribution in [1.82, 2.24) is 0 Å². The van der Waals surface area contributed by atoms with Crippen molar-refractivity contribution in [3.8, 4) is 17.2 Å². The number of hydrogen-bond acceptors (Lipinski definition) is 3. The van der Waals surface area contributed by atoms with E-state index in [1.807, 2.05) is 78.9 Å². The van der Waals surface area contributed by atoms with Crippen LogP contribution in [0.25, 0.3) is 0 Å². The lowest BCUT2D eigenvalue weighted by molar-refractivity contribution is 0.201. The van der Waals surface area contributed by atoms with Crippen LogP contribution in [0, 0.1) is 0 Å². The highest BCUT2D eigenvalue weighted by molar-refractivity contribution is 6.25. The number of hydrogen-bond donors (Lipinski definition) is 0. The van der Waals surface area contributed by atoms with Crippen LogP contribution in [0.15, 0.2) is 78.9 Å². The number of methoxy groups -OCH3 is 2. The molecule has 0 aromatic heterocycles. The summed E-state index contributed by atoms with van der Waals surface area (Å²) in [4.78, 5) is 0. The first-order valence-electron chi connectivity index (χ1n) is 7.88. The molecule has 1 unspecified atom stereocenters. The molecule has 0 spiro atoms. The van der Waals surface area contributed by atoms with Crippen LogP contribution in [0.4, 0.5) is 0 Å². The van der Waals surface area contributed by atoms with Gasteiger partial charge in [0.15, 0.2) is 0 Å². The Kier molecular flexibility index (Phi) is 5.15. The Hall–Kier alpha value is -2.65. The van der Waals surface area contributed by atoms with Crippen molar-refractivity contribution in [3.63, 3.8) is 0 Å². The average Bonchev–Trinajstić information content (AvgIpc) is 2.69. The van der Waals surface area contributed by atoms with E-state index in [-0.39, 0.29) is 0 Å². The molecular weight excluding hydrogens is 336 g/mol. The summed E-state index contributed by atoms with van der Waals surface area (Å²) in [5.41, 5.74) is 1.66. The second kappa shape index (κ2) is 7.49. The summed E-state index contributed by atoms with van der Waals surface area (Å²) in [6, 6.07) is 24.6. The first-order valence-corrected chi connectivity index (χ1v) is 8.25. The van der Waals surface area contributed by atoms with Crippen molar-refractivity contribution < 1.29 is 14.2 Å². The topological polar surface area (TPSA) is 27.7 Å². The lowest BCUT2D eigenvalue weighted by atomic mass is 10.0. The molecule has 0 saturated heterocycles. The molecule has 0 heterocycles. The molecule has 3 aromatic carbocycles. The molecule has 0 aliphatic carbocycles. The first kappa shape index (κ1) is 17.2. The number of benzene rings is 3. The van der Waals surface area contributed by atoms with Crippen LogP contribution in [0.5, 0.6) is 17.2 Å². The van der Waals surface area contributed by atoms with Gasteiger partial charge in [0.05, 0.1) is 14.2 Å². The van der Waals surface area contributed by atoms with Crippen molar-refractivity contribution in [2.24, 2.45) is 0 Å². The van der Waals surface area contributed by atoms with Crippen LogP contribution in [0.2, 0.25) is 0 Å². The van der Waals surface area contributed by atoms with E-state index in [1.165, 1.54) is 0 Å². The van der Waals surface area contributed by atoms with E-state index in [0.29, 0.717) is 5.75 Å². The summed E-state index contributed by atoms with van der Waals surface area (Å²) in [7, 11) is 3.26. The van der Waals surface area contributed by atoms with Crippen LogP contribution in [-0.4, -0.2) is 14.2 Å². The minimum Gasteiger partial charge on any atom is -0.497 e. The van der Waals surface area contributed by atoms with Gasteiger partial charge in [-0.2, -0.15) is 0 Å². The van der Waals surface area contributed by atoms with E-state index in [1.54, 1.807) is 14.2 Å². The van der Waals surface area contributed by atoms with Gasteiger partial charge >= 0.3 is 0 Å². The maximum Gasteiger partial charge on any atom is 0.234 e. The van der Waals surface area contributed by atoms with Gasteiger partial charge in [-0.05, 0) is 48.5 Å². The van der Waals surface area contributed by atoms with Crippen LogP contribution < -0.4 is 14.2 Å². The monoisotopic (exact) mass is 354 g/mol. The fourth-order valence-electron chi connectivity index (χ4n) is 2.55. The molecule has 0 bridgehead atoms. The highest BCUT2D eigenvalue weighted by Gasteiger charge is 2.34. The molecule has 3 rings (SSSR count). The number of alkyl halides is 1. The number of halogens is 1. The van der Waals surface area contributed by atoms with Crippen molar-refractivity contribution in [1.29, 1.82) is 0 Å². The van der Waals surface area contributed by atoms with E-state index < -0.39 is 5.06 Å². The van der Waals surface area contributed by atoms with Crippen LogP contribution in [-0.2, 0) is 5.06 Å². The molecule has 4 heteroatoms. The summed E-state index contributed by atoms with van der Waals surface area (Å²) in [5.74, 6) is 2.17. The third kappa shape index (κ3) is 3.72. The SMILES string of the molecule is COc1ccc(OC(Cl)(c2ccccc2)c2ccc(OC)cc2)cc1. The zero-order valence-corrected chi connectivity index (χ0v) is 14.9. The Morgan fingerprint density at radius 1 is 0.600 bits per heavy atom. The second-order valence-corrected chi connectivity index (χ2v) is 6.00. The van der Waals surface area contributed by atoms with E-state index in [2.05, 4.69) is 0 Å². The number of ether oxygens (including phenoxy) is 3. The minimum atomic E-state index is -1.15. The fourth-order valence-corrected chi connectivity index (χ4v) is 2.89. The molecule has 1 atom stereocenters. The zero-order chi connectivity index (χ0) is 17.7. The van der Waals surface area contributed by atoms with Gasteiger partial charge in [0.25, 0.3) is 0 Å². The first-order chi connectivity index (χ1) is 12.2. The second-order valence-electron chi connectivity index (χ2n) is 5.47. The highest BCUT2D eigenvalue weighted by atomic mass is 35.5. The Morgan fingerprint density at radius 3 is 1.56 bits per heavy atom. The minimum absolute atomic E-state index is 0.649. The average molecular weight is 355 g/mol. The standard InChI is InChI=1S/C21H19ClO3/c1-23-18-10-8-17(9-11-18)21(22,16-6-4-3-5-7-16)25-20-14-12-19(24-2)13-15-20/h3-15H,1-2H3. The molecule has 0 N–H and O–H groups in total. The highest BCUT2D eigenvalue weighted by Crippen LogP contribution is 2.39. The molecule has 0 saturated carbocycles. The lowest BCUT2D eigenvalue weighted by Crippen LogP contribution is -2.28. The molecule has 0 aliphatic heterocycles. The van der Waals surface area contributed by atoms with Crippen molar-refractivity contribution in [2.45, 2.75) is 5.06 Å². The molecule has 25 heavy (non-hydrogen) atoms. The molecule has 0 amide bonds. The van der Waals surface area contributed by atoms with Crippen molar-refractivity contribution >= 4 is 11.6 Å². The van der Waals surface area contributed by atoms with Gasteiger partial charge < -0.3 is 14.2 Å². The summed E-state index contributed by atoms with van der Waals surface area (Å²) in [6.07, 6.45) is 0. The van der Waals surface area contributed by atoms with Crippen molar-refractivity contribution in [2.75, 3.05) is 14.2 Å². The van der Waals surface area contributed by atoms with E-state index >= 15 is 0 Å². The van der Waals surface area contributed by atoms with Gasteiger partial charge in [-0.3, -0.25) is 0 Å². The molecule has 0 radical (unpaired) electrons. The van der Waals surface area contributed by atoms with E-state index in [0.717, 1.165) is 22.6 Å². The molecule has 3 aromatic rings. The summed E-state index contributed by atoms with van der Waals surface area (Å²) >= 11 is 7.00. The third-order valence-electron chi connectivity index (χ3n) is 3.92. The summed E-state index contributed by atoms with van der Waals surface area (Å²) in [5, 5.41) is -1.15. The molecular formula is C21H19ClO3. The number of rotatable bonds is 6. The van der Waals surface area contributed by atoms with Crippen LogP contribution >= 0.6 is 11.6 Å². The Balaban J connectivity index is 2.01. The van der Waals surface area contributed by atoms with E-state index in [9.17, 15) is 0 Å². The third-order valence-corrected chi connectivity index (χ3v) is 4.44. The van der Waals surface area contributed by atoms with Gasteiger partial charge in [0, 0.05) is 11.1 Å². The summed E-state index contributed by atoms with van der Waals surface area (Å²) in [6.45, 7) is 0. The smallest absolute Gasteiger partial charge is 0.234 e. The van der Waals surface area contributed by atoms with Crippen LogP contribution in [0.1, 0.15) is 11.1 Å². The normalized spacial score (nSPS) is 12.9. The van der Waals surface area contributed by atoms with Gasteiger partial charge in [0.1, 0.15) is 17.2 Å². The fraction of sp³-hybridized carbons (Fsp3) is 0.143. The van der Waals surface area contributed by atoms with Gasteiger partial charge in [-0.25, -0.2) is 0 Å². The largest absolute Gasteiger partial charge is 0.497 e. The maximum atomic E-state index is 7.00. The predicted molar refractivity (Wildman–Crippen MR) is 99.7 cm³/mol. The van der Waals surface area contributed by atoms with Gasteiger partial charge in [-0.15, -0.1) is 0 Å². The summed E-state index contributed by atoms with van der Waals surface area (Å²) < 4.78 is 16.6. The lowest BCUT2D eigenvalue weighted by Gasteiger charge is -2.29. The molecule has 128 valence electrons. The van der Waals surface area contributed by atoms with Gasteiger partial charge in [0.2, 0.25) is 5.06 Å². The Labute approximate surface area is 152 Å². The Morgan fingerprint density at radius 2 is 1.04 bits per heavy atom. The molecule has 3 nitrogen and oxygen atoms in total. The Bertz CT molecular complexity index is 801. The maximum absolute atomic E-state index is 7.00. The predicted octanol–water partition coefficient (Wildman–Crippen LogP) is 5.22. The molecule has 0 aliphatic rings. The quantitative estimate of drug-likeness (QED) is 0.568. The zero-order valence-electron chi connectivity index (χ0n) is 14.1.